The molecule has 2 heterocycles. The predicted molar refractivity (Wildman–Crippen MR) is 172 cm³/mol. The van der Waals surface area contributed by atoms with Crippen molar-refractivity contribution in [3.8, 4) is 5.75 Å². The summed E-state index contributed by atoms with van der Waals surface area (Å²) in [7, 11) is 0. The van der Waals surface area contributed by atoms with Gasteiger partial charge in [-0.1, -0.05) is 114 Å². The first kappa shape index (κ1) is 28.6. The Hall–Kier alpha value is -4.47. The average molecular weight is 608 g/mol. The van der Waals surface area contributed by atoms with Crippen molar-refractivity contribution in [2.24, 2.45) is 0 Å². The van der Waals surface area contributed by atoms with Crippen LogP contribution in [0.5, 0.6) is 5.75 Å². The van der Waals surface area contributed by atoms with Crippen LogP contribution in [0.2, 0.25) is 0 Å². The molecule has 0 aliphatic carbocycles. The number of thioether (sulfide) groups is 1. The Bertz CT molecular complexity index is 1840. The molecule has 0 bridgehead atoms. The molecule has 6 rings (SSSR count). The summed E-state index contributed by atoms with van der Waals surface area (Å²) in [6.45, 7) is 4.49. The van der Waals surface area contributed by atoms with Crippen LogP contribution in [0.15, 0.2) is 101 Å². The fourth-order valence-electron chi connectivity index (χ4n) is 5.12. The van der Waals surface area contributed by atoms with E-state index in [1.54, 1.807) is 18.2 Å². The van der Waals surface area contributed by atoms with Gasteiger partial charge in [0.15, 0.2) is 4.34 Å². The molecule has 1 saturated heterocycles. The molecule has 4 aromatic carbocycles. The highest BCUT2D eigenvalue weighted by molar-refractivity contribution is 8.00. The quantitative estimate of drug-likeness (QED) is 0.0603. The molecule has 43 heavy (non-hydrogen) atoms. The number of aryl methyl sites for hydroxylation is 1. The fraction of sp³-hybridized carbons (Fsp3) is 0.176. The van der Waals surface area contributed by atoms with E-state index < -0.39 is 17.7 Å². The van der Waals surface area contributed by atoms with Gasteiger partial charge in [0, 0.05) is 11.3 Å². The first-order valence-corrected chi connectivity index (χ1v) is 15.8. The second-order valence-corrected chi connectivity index (χ2v) is 12.4. The lowest BCUT2D eigenvalue weighted by molar-refractivity contribution is -0.132. The highest BCUT2D eigenvalue weighted by atomic mass is 32.2. The summed E-state index contributed by atoms with van der Waals surface area (Å²) in [6, 6.07) is 28.0. The van der Waals surface area contributed by atoms with Gasteiger partial charge in [-0.2, -0.15) is 0 Å². The Morgan fingerprint density at radius 3 is 2.56 bits per heavy atom. The Morgan fingerprint density at radius 2 is 1.74 bits per heavy atom. The molecule has 1 unspecified atom stereocenters. The van der Waals surface area contributed by atoms with E-state index in [9.17, 15) is 14.7 Å². The minimum absolute atomic E-state index is 0.00153. The van der Waals surface area contributed by atoms with Crippen LogP contribution in [-0.2, 0) is 15.3 Å². The Labute approximate surface area is 257 Å². The largest absolute Gasteiger partial charge is 0.507 e. The Balaban J connectivity index is 1.37. The average Bonchev–Trinajstić information content (AvgIpc) is 3.60. The summed E-state index contributed by atoms with van der Waals surface area (Å²) < 4.78 is 6.53. The molecule has 7 nitrogen and oxygen atoms in total. The van der Waals surface area contributed by atoms with E-state index >= 15 is 0 Å². The maximum Gasteiger partial charge on any atom is 0.301 e. The second-order valence-electron chi connectivity index (χ2n) is 10.2. The van der Waals surface area contributed by atoms with Gasteiger partial charge in [0.05, 0.1) is 18.2 Å². The van der Waals surface area contributed by atoms with Gasteiger partial charge in [-0.3, -0.25) is 14.5 Å². The van der Waals surface area contributed by atoms with Crippen molar-refractivity contribution in [2.75, 3.05) is 11.5 Å². The van der Waals surface area contributed by atoms with Gasteiger partial charge >= 0.3 is 5.91 Å². The van der Waals surface area contributed by atoms with E-state index in [2.05, 4.69) is 34.5 Å². The first-order valence-electron chi connectivity index (χ1n) is 14.0. The van der Waals surface area contributed by atoms with Crippen molar-refractivity contribution in [1.82, 2.24) is 10.2 Å². The highest BCUT2D eigenvalue weighted by Crippen LogP contribution is 2.44. The molecule has 0 radical (unpaired) electrons. The molecule has 1 amide bonds. The third kappa shape index (κ3) is 5.78. The Morgan fingerprint density at radius 1 is 0.977 bits per heavy atom. The number of rotatable bonds is 9. The van der Waals surface area contributed by atoms with Crippen molar-refractivity contribution in [3.63, 3.8) is 0 Å². The number of ketones is 1. The van der Waals surface area contributed by atoms with Crippen molar-refractivity contribution in [3.05, 3.63) is 119 Å². The van der Waals surface area contributed by atoms with Gasteiger partial charge in [0.2, 0.25) is 5.13 Å². The van der Waals surface area contributed by atoms with Gasteiger partial charge < -0.3 is 9.84 Å². The van der Waals surface area contributed by atoms with Crippen LogP contribution in [0, 0.1) is 6.92 Å². The fourth-order valence-corrected chi connectivity index (χ4v) is 6.99. The number of benzene rings is 4. The zero-order valence-corrected chi connectivity index (χ0v) is 25.3. The lowest BCUT2D eigenvalue weighted by atomic mass is 9.95. The van der Waals surface area contributed by atoms with Gasteiger partial charge in [-0.25, -0.2) is 0 Å². The molecule has 9 heteroatoms. The number of hydrogen-bond donors (Lipinski definition) is 1. The van der Waals surface area contributed by atoms with E-state index in [1.807, 2.05) is 62.4 Å². The minimum Gasteiger partial charge on any atom is -0.507 e. The van der Waals surface area contributed by atoms with Crippen LogP contribution in [0.3, 0.4) is 0 Å². The predicted octanol–water partition coefficient (Wildman–Crippen LogP) is 7.71. The summed E-state index contributed by atoms with van der Waals surface area (Å²) in [5.74, 6) is -0.490. The Kier molecular flexibility index (Phi) is 8.26. The summed E-state index contributed by atoms with van der Waals surface area (Å²) in [4.78, 5) is 28.5. The smallest absolute Gasteiger partial charge is 0.301 e. The summed E-state index contributed by atoms with van der Waals surface area (Å²) in [6.07, 6.45) is 0.833. The van der Waals surface area contributed by atoms with Gasteiger partial charge in [-0.15, -0.1) is 10.2 Å². The first-order chi connectivity index (χ1) is 20.9. The number of carbonyl (C=O) groups is 2. The van der Waals surface area contributed by atoms with E-state index in [1.165, 1.54) is 44.3 Å². The molecule has 1 aliphatic rings. The normalized spacial score (nSPS) is 16.2. The van der Waals surface area contributed by atoms with E-state index in [-0.39, 0.29) is 16.5 Å². The van der Waals surface area contributed by atoms with Gasteiger partial charge in [0.25, 0.3) is 5.78 Å². The SMILES string of the molecule is CCCOc1cccc(C2/C(=C(\O)c3ccc(C)cc3)C(=O)C(=O)N2c2nnc(SCc3cccc4ccccc34)s2)c1. The molecular formula is C34H29N3O4S2. The molecule has 1 atom stereocenters. The number of anilines is 1. The van der Waals surface area contributed by atoms with Gasteiger partial charge in [-0.05, 0) is 47.4 Å². The van der Waals surface area contributed by atoms with Crippen molar-refractivity contribution in [2.45, 2.75) is 36.4 Å². The van der Waals surface area contributed by atoms with Crippen LogP contribution in [0.4, 0.5) is 5.13 Å². The number of amides is 1. The topological polar surface area (TPSA) is 92.6 Å². The number of aliphatic hydroxyl groups is 1. The van der Waals surface area contributed by atoms with Crippen LogP contribution in [-0.4, -0.2) is 33.6 Å². The maximum absolute atomic E-state index is 13.6. The number of ether oxygens (including phenoxy) is 1. The number of aromatic nitrogens is 2. The molecule has 1 fully saturated rings. The van der Waals surface area contributed by atoms with E-state index in [4.69, 9.17) is 4.74 Å². The summed E-state index contributed by atoms with van der Waals surface area (Å²) in [5.41, 5.74) is 3.26. The maximum atomic E-state index is 13.6. The monoisotopic (exact) mass is 607 g/mol. The third-order valence-corrected chi connectivity index (χ3v) is 9.35. The molecule has 5 aromatic rings. The van der Waals surface area contributed by atoms with Crippen LogP contribution in [0.25, 0.3) is 16.5 Å². The van der Waals surface area contributed by atoms with Crippen LogP contribution in [0.1, 0.15) is 41.6 Å². The number of aliphatic hydroxyl groups excluding tert-OH is 1. The molecule has 1 aromatic heterocycles. The molecular weight excluding hydrogens is 579 g/mol. The number of nitrogens with zero attached hydrogens (tertiary/aromatic N) is 3. The highest BCUT2D eigenvalue weighted by Gasteiger charge is 2.48. The zero-order chi connectivity index (χ0) is 29.9. The van der Waals surface area contributed by atoms with Crippen molar-refractivity contribution < 1.29 is 19.4 Å². The number of hydrogen-bond acceptors (Lipinski definition) is 8. The van der Waals surface area contributed by atoms with E-state index in [0.29, 0.717) is 33.6 Å². The van der Waals surface area contributed by atoms with Gasteiger partial charge in [0.1, 0.15) is 11.5 Å². The molecule has 216 valence electrons. The second kappa shape index (κ2) is 12.4. The lowest BCUT2D eigenvalue weighted by Crippen LogP contribution is -2.29. The molecule has 0 spiro atoms. The zero-order valence-electron chi connectivity index (χ0n) is 23.7. The molecule has 1 aliphatic heterocycles. The third-order valence-electron chi connectivity index (χ3n) is 7.25. The van der Waals surface area contributed by atoms with Crippen LogP contribution < -0.4 is 9.64 Å². The molecule has 0 saturated carbocycles. The standard InChI is InChI=1S/C34H29N3O4S2/c1-3-18-41-26-12-7-10-24(19-26)29-28(30(38)23-16-14-21(2)15-17-23)31(39)32(40)37(29)33-35-36-34(43-33)42-20-25-11-6-9-22-8-4-5-13-27(22)25/h4-17,19,29,38H,3,18,20H2,1-2H3/b30-28+. The van der Waals surface area contributed by atoms with Crippen molar-refractivity contribution in [1.29, 1.82) is 0 Å². The lowest BCUT2D eigenvalue weighted by Gasteiger charge is -2.23. The number of Topliss-reactive ketones (excluding diaryl/α,β-unsaturated/α-hetero) is 1. The van der Waals surface area contributed by atoms with Crippen molar-refractivity contribution >= 4 is 56.5 Å². The summed E-state index contributed by atoms with van der Waals surface area (Å²) in [5, 5.41) is 22.8. The number of carbonyl (C=O) groups excluding carboxylic acids is 2. The van der Waals surface area contributed by atoms with Crippen LogP contribution >= 0.6 is 23.1 Å². The minimum atomic E-state index is -0.907. The summed E-state index contributed by atoms with van der Waals surface area (Å²) >= 11 is 2.77. The number of fused-ring (bicyclic) bond motifs is 1. The van der Waals surface area contributed by atoms with E-state index in [0.717, 1.165) is 12.0 Å². The molecule has 1 N–H and O–H groups in total.